The predicted molar refractivity (Wildman–Crippen MR) is 141 cm³/mol. The van der Waals surface area contributed by atoms with Gasteiger partial charge in [-0.05, 0) is 50.1 Å². The van der Waals surface area contributed by atoms with Gasteiger partial charge in [0.25, 0.3) is 5.78 Å². The molecule has 192 valence electrons. The van der Waals surface area contributed by atoms with Crippen molar-refractivity contribution in [1.29, 1.82) is 0 Å². The van der Waals surface area contributed by atoms with Crippen molar-refractivity contribution < 1.29 is 29.0 Å². The van der Waals surface area contributed by atoms with E-state index in [4.69, 9.17) is 21.1 Å². The van der Waals surface area contributed by atoms with E-state index in [-0.39, 0.29) is 27.9 Å². The number of rotatable bonds is 8. The highest BCUT2D eigenvalue weighted by Crippen LogP contribution is 2.44. The average Bonchev–Trinajstić information content (AvgIpc) is 3.40. The van der Waals surface area contributed by atoms with Gasteiger partial charge in [-0.3, -0.25) is 14.5 Å². The lowest BCUT2D eigenvalue weighted by atomic mass is 9.95. The quantitative estimate of drug-likeness (QED) is 0.169. The summed E-state index contributed by atoms with van der Waals surface area (Å²) >= 11 is 7.04. The number of ether oxygens (including phenoxy) is 2. The molecule has 1 N–H and O–H groups in total. The minimum absolute atomic E-state index is 0.106. The van der Waals surface area contributed by atoms with E-state index in [1.807, 2.05) is 6.92 Å². The summed E-state index contributed by atoms with van der Waals surface area (Å²) < 4.78 is 10.8. The zero-order valence-electron chi connectivity index (χ0n) is 20.5. The van der Waals surface area contributed by atoms with Crippen LogP contribution in [0.4, 0.5) is 5.13 Å². The first-order valence-corrected chi connectivity index (χ1v) is 12.9. The number of aryl methyl sites for hydroxylation is 1. The zero-order valence-corrected chi connectivity index (χ0v) is 22.1. The van der Waals surface area contributed by atoms with Gasteiger partial charge in [0.15, 0.2) is 5.13 Å². The number of benzene rings is 2. The smallest absolute Gasteiger partial charge is 0.350 e. The number of halogens is 1. The Hall–Kier alpha value is -3.69. The Balaban J connectivity index is 1.87. The van der Waals surface area contributed by atoms with Gasteiger partial charge in [-0.2, -0.15) is 0 Å². The summed E-state index contributed by atoms with van der Waals surface area (Å²) in [5.74, 6) is -2.13. The number of anilines is 1. The molecule has 0 aliphatic carbocycles. The van der Waals surface area contributed by atoms with Gasteiger partial charge in [-0.25, -0.2) is 9.78 Å². The Bertz CT molecular complexity index is 1380. The number of esters is 1. The number of hydrogen-bond acceptors (Lipinski definition) is 8. The first-order chi connectivity index (χ1) is 17.8. The van der Waals surface area contributed by atoms with Crippen molar-refractivity contribution in [3.05, 3.63) is 80.8 Å². The molecule has 1 aliphatic heterocycles. The molecule has 3 aromatic rings. The van der Waals surface area contributed by atoms with Gasteiger partial charge in [0.2, 0.25) is 0 Å². The number of hydrogen-bond donors (Lipinski definition) is 1. The van der Waals surface area contributed by atoms with E-state index in [0.29, 0.717) is 34.2 Å². The van der Waals surface area contributed by atoms with Gasteiger partial charge in [-0.1, -0.05) is 54.1 Å². The van der Waals surface area contributed by atoms with Crippen molar-refractivity contribution in [3.63, 3.8) is 0 Å². The molecule has 1 unspecified atom stereocenters. The second kappa shape index (κ2) is 11.1. The second-order valence-corrected chi connectivity index (χ2v) is 9.64. The van der Waals surface area contributed by atoms with Crippen LogP contribution in [0.15, 0.2) is 54.1 Å². The van der Waals surface area contributed by atoms with Crippen LogP contribution in [0.3, 0.4) is 0 Å². The molecule has 10 heteroatoms. The molecule has 0 radical (unpaired) electrons. The third-order valence-corrected chi connectivity index (χ3v) is 7.05. The normalized spacial score (nSPS) is 16.8. The van der Waals surface area contributed by atoms with Crippen molar-refractivity contribution >= 4 is 51.5 Å². The zero-order chi connectivity index (χ0) is 26.7. The summed E-state index contributed by atoms with van der Waals surface area (Å²) in [4.78, 5) is 45.0. The molecule has 0 bridgehead atoms. The fourth-order valence-electron chi connectivity index (χ4n) is 3.97. The van der Waals surface area contributed by atoms with E-state index < -0.39 is 23.7 Å². The first kappa shape index (κ1) is 26.4. The molecular formula is C27H25ClN2O6S. The number of aromatic nitrogens is 1. The number of ketones is 1. The van der Waals surface area contributed by atoms with E-state index in [1.165, 1.54) is 4.90 Å². The third-order valence-electron chi connectivity index (χ3n) is 5.66. The van der Waals surface area contributed by atoms with Crippen LogP contribution in [0, 0.1) is 6.92 Å². The number of carbonyl (C=O) groups excluding carboxylic acids is 3. The van der Waals surface area contributed by atoms with Crippen LogP contribution in [-0.2, 0) is 14.3 Å². The van der Waals surface area contributed by atoms with Gasteiger partial charge in [-0.15, -0.1) is 0 Å². The third kappa shape index (κ3) is 5.23. The monoisotopic (exact) mass is 540 g/mol. The summed E-state index contributed by atoms with van der Waals surface area (Å²) in [5, 5.41) is 11.9. The molecule has 1 aromatic heterocycles. The number of nitrogens with zero attached hydrogens (tertiary/aromatic N) is 2. The average molecular weight is 541 g/mol. The van der Waals surface area contributed by atoms with Crippen LogP contribution >= 0.6 is 22.9 Å². The van der Waals surface area contributed by atoms with E-state index in [2.05, 4.69) is 4.98 Å². The number of Topliss-reactive ketones (excluding diaryl/α,β-unsaturated/α-hetero) is 1. The molecule has 4 rings (SSSR count). The maximum Gasteiger partial charge on any atom is 0.350 e. The molecule has 0 saturated carbocycles. The molecule has 1 fully saturated rings. The topological polar surface area (TPSA) is 106 Å². The molecule has 2 aromatic carbocycles. The lowest BCUT2D eigenvalue weighted by Crippen LogP contribution is -2.29. The van der Waals surface area contributed by atoms with E-state index >= 15 is 0 Å². The Kier molecular flexibility index (Phi) is 7.94. The molecule has 2 heterocycles. The maximum atomic E-state index is 13.4. The number of aliphatic hydroxyl groups is 1. The summed E-state index contributed by atoms with van der Waals surface area (Å²) in [6.07, 6.45) is 0.804. The SMILES string of the molecule is CCCOc1cccc(/C(O)=C2\C(=O)C(=O)N(c3nc(C)c(C(=O)OCC)s3)C2c2ccc(Cl)cc2)c1. The van der Waals surface area contributed by atoms with Gasteiger partial charge in [0, 0.05) is 10.6 Å². The van der Waals surface area contributed by atoms with Crippen LogP contribution in [0.2, 0.25) is 5.02 Å². The minimum Gasteiger partial charge on any atom is -0.507 e. The first-order valence-electron chi connectivity index (χ1n) is 11.7. The molecule has 0 spiro atoms. The Morgan fingerprint density at radius 3 is 2.57 bits per heavy atom. The maximum absolute atomic E-state index is 13.4. The summed E-state index contributed by atoms with van der Waals surface area (Å²) in [7, 11) is 0. The van der Waals surface area contributed by atoms with Crippen LogP contribution < -0.4 is 9.64 Å². The van der Waals surface area contributed by atoms with E-state index in [9.17, 15) is 19.5 Å². The van der Waals surface area contributed by atoms with E-state index in [1.54, 1.807) is 62.4 Å². The molecule has 37 heavy (non-hydrogen) atoms. The number of carbonyl (C=O) groups is 3. The van der Waals surface area contributed by atoms with E-state index in [0.717, 1.165) is 17.8 Å². The van der Waals surface area contributed by atoms with Gasteiger partial charge in [0.1, 0.15) is 16.4 Å². The molecule has 1 atom stereocenters. The van der Waals surface area contributed by atoms with Crippen molar-refractivity contribution in [2.24, 2.45) is 0 Å². The highest BCUT2D eigenvalue weighted by molar-refractivity contribution is 7.17. The Morgan fingerprint density at radius 2 is 1.89 bits per heavy atom. The predicted octanol–water partition coefficient (Wildman–Crippen LogP) is 5.70. The number of aliphatic hydroxyl groups excluding tert-OH is 1. The van der Waals surface area contributed by atoms with Gasteiger partial charge in [0.05, 0.1) is 30.5 Å². The molecular weight excluding hydrogens is 516 g/mol. The molecule has 8 nitrogen and oxygen atoms in total. The van der Waals surface area contributed by atoms with Crippen molar-refractivity contribution in [2.75, 3.05) is 18.1 Å². The fourth-order valence-corrected chi connectivity index (χ4v) is 5.08. The molecule has 1 aliphatic rings. The highest BCUT2D eigenvalue weighted by atomic mass is 35.5. The fraction of sp³-hybridized carbons (Fsp3) is 0.259. The van der Waals surface area contributed by atoms with Crippen molar-refractivity contribution in [2.45, 2.75) is 33.2 Å². The van der Waals surface area contributed by atoms with Gasteiger partial charge < -0.3 is 14.6 Å². The second-order valence-electron chi connectivity index (χ2n) is 8.23. The van der Waals surface area contributed by atoms with Crippen LogP contribution in [0.25, 0.3) is 5.76 Å². The van der Waals surface area contributed by atoms with Crippen molar-refractivity contribution in [3.8, 4) is 5.75 Å². The number of amides is 1. The Labute approximate surface area is 223 Å². The molecule has 1 amide bonds. The summed E-state index contributed by atoms with van der Waals surface area (Å²) in [5.41, 5.74) is 1.13. The van der Waals surface area contributed by atoms with Crippen LogP contribution in [-0.4, -0.2) is 41.0 Å². The van der Waals surface area contributed by atoms with Crippen LogP contribution in [0.5, 0.6) is 5.75 Å². The standard InChI is InChI=1S/C27H25ClN2O6S/c1-4-13-36-19-8-6-7-17(14-19)22(31)20-21(16-9-11-18(28)12-10-16)30(25(33)23(20)32)27-29-15(3)24(37-27)26(34)35-5-2/h6-12,14,21,31H,4-5,13H2,1-3H3/b22-20+. The Morgan fingerprint density at radius 1 is 1.16 bits per heavy atom. The summed E-state index contributed by atoms with van der Waals surface area (Å²) in [6.45, 7) is 5.97. The summed E-state index contributed by atoms with van der Waals surface area (Å²) in [6, 6.07) is 12.3. The lowest BCUT2D eigenvalue weighted by molar-refractivity contribution is -0.132. The largest absolute Gasteiger partial charge is 0.507 e. The highest BCUT2D eigenvalue weighted by Gasteiger charge is 2.48. The number of thiazole rings is 1. The lowest BCUT2D eigenvalue weighted by Gasteiger charge is -2.23. The van der Waals surface area contributed by atoms with Crippen molar-refractivity contribution in [1.82, 2.24) is 4.98 Å². The van der Waals surface area contributed by atoms with Gasteiger partial charge >= 0.3 is 11.9 Å². The van der Waals surface area contributed by atoms with Crippen LogP contribution in [0.1, 0.15) is 52.8 Å². The minimum atomic E-state index is -1.00. The molecule has 1 saturated heterocycles.